The number of alkyl carbamates (subject to hydrolysis) is 1. The highest BCUT2D eigenvalue weighted by Gasteiger charge is 2.27. The molecule has 1 aromatic rings. The molecule has 3 N–H and O–H groups in total. The molecule has 2 heterocycles. The predicted molar refractivity (Wildman–Crippen MR) is 126 cm³/mol. The molecule has 31 heavy (non-hydrogen) atoms. The first-order chi connectivity index (χ1) is 14.7. The third kappa shape index (κ3) is 7.59. The Bertz CT molecular complexity index is 767. The van der Waals surface area contributed by atoms with Gasteiger partial charge in [-0.2, -0.15) is 11.8 Å². The zero-order valence-electron chi connectivity index (χ0n) is 19.1. The number of ether oxygens (including phenoxy) is 1. The number of carbonyl (C=O) groups is 2. The van der Waals surface area contributed by atoms with Crippen molar-refractivity contribution in [1.29, 1.82) is 0 Å². The van der Waals surface area contributed by atoms with Crippen LogP contribution in [0.4, 0.5) is 10.6 Å². The number of anilines is 1. The van der Waals surface area contributed by atoms with E-state index in [0.29, 0.717) is 17.4 Å². The monoisotopic (exact) mass is 448 g/mol. The summed E-state index contributed by atoms with van der Waals surface area (Å²) in [4.78, 5) is 29.6. The molecular formula is C23H36N4O3S. The second kappa shape index (κ2) is 10.6. The van der Waals surface area contributed by atoms with Crippen LogP contribution in [0.1, 0.15) is 75.2 Å². The van der Waals surface area contributed by atoms with Crippen LogP contribution in [0.15, 0.2) is 12.3 Å². The number of aryl methyl sites for hydroxylation is 1. The molecule has 0 atom stereocenters. The van der Waals surface area contributed by atoms with Crippen molar-refractivity contribution in [2.75, 3.05) is 16.8 Å². The summed E-state index contributed by atoms with van der Waals surface area (Å²) < 4.78 is 5.34. The van der Waals surface area contributed by atoms with E-state index in [-0.39, 0.29) is 24.1 Å². The fourth-order valence-corrected chi connectivity index (χ4v) is 5.12. The number of hydrogen-bond acceptors (Lipinski definition) is 6. The van der Waals surface area contributed by atoms with Crippen molar-refractivity contribution < 1.29 is 14.3 Å². The summed E-state index contributed by atoms with van der Waals surface area (Å²) in [6, 6.07) is 2.48. The van der Waals surface area contributed by atoms with E-state index in [1.165, 1.54) is 0 Å². The first-order valence-corrected chi connectivity index (χ1v) is 12.5. The quantitative estimate of drug-likeness (QED) is 0.623. The average Bonchev–Trinajstić information content (AvgIpc) is 2.70. The molecule has 7 nitrogen and oxygen atoms in total. The molecule has 2 amide bonds. The Morgan fingerprint density at radius 1 is 1.00 bits per heavy atom. The third-order valence-corrected chi connectivity index (χ3v) is 6.66. The van der Waals surface area contributed by atoms with Gasteiger partial charge in [-0.1, -0.05) is 0 Å². The van der Waals surface area contributed by atoms with E-state index >= 15 is 0 Å². The summed E-state index contributed by atoms with van der Waals surface area (Å²) in [5.41, 5.74) is 1.09. The first-order valence-electron chi connectivity index (χ1n) is 11.3. The topological polar surface area (TPSA) is 92.4 Å². The van der Waals surface area contributed by atoms with Crippen LogP contribution in [0.3, 0.4) is 0 Å². The highest BCUT2D eigenvalue weighted by atomic mass is 32.2. The summed E-state index contributed by atoms with van der Waals surface area (Å²) in [6.45, 7) is 7.53. The van der Waals surface area contributed by atoms with E-state index in [9.17, 15) is 9.59 Å². The lowest BCUT2D eigenvalue weighted by Gasteiger charge is -2.30. The lowest BCUT2D eigenvalue weighted by molar-refractivity contribution is 0.0488. The highest BCUT2D eigenvalue weighted by molar-refractivity contribution is 7.99. The standard InChI is InChI=1S/C23H36N4O3S/c1-15-13-19(20(24-14-15)25-18-9-11-31-12-10-18)21(28)26-16-5-7-17(8-6-16)27-22(29)30-23(2,3)4/h13-14,16-18H,5-12H2,1-4H3,(H,24,25)(H,26,28)(H,27,29)/t16-,17+. The van der Waals surface area contributed by atoms with E-state index in [2.05, 4.69) is 20.9 Å². The molecule has 172 valence electrons. The van der Waals surface area contributed by atoms with Crippen LogP contribution >= 0.6 is 11.8 Å². The Kier molecular flexibility index (Phi) is 8.08. The van der Waals surface area contributed by atoms with Crippen molar-refractivity contribution in [3.63, 3.8) is 0 Å². The molecule has 8 heteroatoms. The van der Waals surface area contributed by atoms with Crippen molar-refractivity contribution in [3.8, 4) is 0 Å². The van der Waals surface area contributed by atoms with Crippen molar-refractivity contribution in [1.82, 2.24) is 15.6 Å². The second-order valence-electron chi connectivity index (χ2n) is 9.61. The van der Waals surface area contributed by atoms with Crippen molar-refractivity contribution >= 4 is 29.6 Å². The lowest BCUT2D eigenvalue weighted by atomic mass is 9.91. The zero-order chi connectivity index (χ0) is 22.4. The summed E-state index contributed by atoms with van der Waals surface area (Å²) in [6.07, 6.45) is 6.92. The molecule has 3 rings (SSSR count). The van der Waals surface area contributed by atoms with Gasteiger partial charge in [-0.15, -0.1) is 0 Å². The highest BCUT2D eigenvalue weighted by Crippen LogP contribution is 2.24. The number of thioether (sulfide) groups is 1. The maximum Gasteiger partial charge on any atom is 0.407 e. The van der Waals surface area contributed by atoms with Gasteiger partial charge in [0.25, 0.3) is 5.91 Å². The molecule has 1 aromatic heterocycles. The molecule has 2 fully saturated rings. The summed E-state index contributed by atoms with van der Waals surface area (Å²) in [7, 11) is 0. The number of carbonyl (C=O) groups excluding carboxylic acids is 2. The third-order valence-electron chi connectivity index (χ3n) is 5.61. The minimum absolute atomic E-state index is 0.0764. The van der Waals surface area contributed by atoms with E-state index in [1.807, 2.05) is 51.7 Å². The number of rotatable bonds is 5. The van der Waals surface area contributed by atoms with Crippen LogP contribution in [0.25, 0.3) is 0 Å². The molecule has 0 aromatic carbocycles. The molecular weight excluding hydrogens is 412 g/mol. The first kappa shape index (κ1) is 23.7. The molecule has 0 spiro atoms. The van der Waals surface area contributed by atoms with Gasteiger partial charge in [0.05, 0.1) is 5.56 Å². The summed E-state index contributed by atoms with van der Waals surface area (Å²) in [5.74, 6) is 2.89. The second-order valence-corrected chi connectivity index (χ2v) is 10.8. The van der Waals surface area contributed by atoms with Crippen molar-refractivity contribution in [2.45, 2.75) is 89.9 Å². The van der Waals surface area contributed by atoms with Crippen LogP contribution < -0.4 is 16.0 Å². The molecule has 1 aliphatic carbocycles. The van der Waals surface area contributed by atoms with Gasteiger partial charge >= 0.3 is 6.09 Å². The number of nitrogens with one attached hydrogen (secondary N) is 3. The number of amides is 2. The Labute approximate surface area is 189 Å². The van der Waals surface area contributed by atoms with Crippen molar-refractivity contribution in [3.05, 3.63) is 23.4 Å². The number of hydrogen-bond donors (Lipinski definition) is 3. The smallest absolute Gasteiger partial charge is 0.407 e. The van der Waals surface area contributed by atoms with Crippen LogP contribution in [-0.4, -0.2) is 52.2 Å². The van der Waals surface area contributed by atoms with Gasteiger partial charge in [0.2, 0.25) is 0 Å². The van der Waals surface area contributed by atoms with Gasteiger partial charge in [-0.25, -0.2) is 9.78 Å². The van der Waals surface area contributed by atoms with Crippen LogP contribution in [0.2, 0.25) is 0 Å². The lowest BCUT2D eigenvalue weighted by Crippen LogP contribution is -2.45. The number of pyridine rings is 1. The fourth-order valence-electron chi connectivity index (χ4n) is 4.01. The van der Waals surface area contributed by atoms with E-state index in [0.717, 1.165) is 55.6 Å². The van der Waals surface area contributed by atoms with Crippen molar-refractivity contribution in [2.24, 2.45) is 0 Å². The Hall–Kier alpha value is -1.96. The molecule has 1 aliphatic heterocycles. The molecule has 1 saturated heterocycles. The minimum Gasteiger partial charge on any atom is -0.444 e. The van der Waals surface area contributed by atoms with E-state index < -0.39 is 5.60 Å². The Morgan fingerprint density at radius 3 is 2.23 bits per heavy atom. The SMILES string of the molecule is Cc1cnc(NC2CCSCC2)c(C(=O)N[C@H]2CC[C@@H](NC(=O)OC(C)(C)C)CC2)c1. The van der Waals surface area contributed by atoms with Gasteiger partial charge in [0, 0.05) is 24.3 Å². The maximum absolute atomic E-state index is 13.1. The minimum atomic E-state index is -0.501. The number of nitrogens with zero attached hydrogens (tertiary/aromatic N) is 1. The van der Waals surface area contributed by atoms with Crippen LogP contribution in [0, 0.1) is 6.92 Å². The van der Waals surface area contributed by atoms with Crippen LogP contribution in [0.5, 0.6) is 0 Å². The molecule has 1 saturated carbocycles. The van der Waals surface area contributed by atoms with Gasteiger partial charge in [-0.3, -0.25) is 4.79 Å². The molecule has 2 aliphatic rings. The van der Waals surface area contributed by atoms with Gasteiger partial charge in [-0.05, 0) is 89.4 Å². The fraction of sp³-hybridized carbons (Fsp3) is 0.696. The van der Waals surface area contributed by atoms with Gasteiger partial charge < -0.3 is 20.7 Å². The normalized spacial score (nSPS) is 22.5. The summed E-state index contributed by atoms with van der Waals surface area (Å²) >= 11 is 1.98. The summed E-state index contributed by atoms with van der Waals surface area (Å²) in [5, 5.41) is 9.63. The predicted octanol–water partition coefficient (Wildman–Crippen LogP) is 4.26. The van der Waals surface area contributed by atoms with Gasteiger partial charge in [0.15, 0.2) is 0 Å². The van der Waals surface area contributed by atoms with E-state index in [4.69, 9.17) is 4.74 Å². The van der Waals surface area contributed by atoms with E-state index in [1.54, 1.807) is 0 Å². The maximum atomic E-state index is 13.1. The number of aromatic nitrogens is 1. The Morgan fingerprint density at radius 2 is 1.61 bits per heavy atom. The molecule has 0 bridgehead atoms. The van der Waals surface area contributed by atoms with Gasteiger partial charge in [0.1, 0.15) is 11.4 Å². The average molecular weight is 449 g/mol. The zero-order valence-corrected chi connectivity index (χ0v) is 19.9. The largest absolute Gasteiger partial charge is 0.444 e. The molecule has 0 radical (unpaired) electrons. The Balaban J connectivity index is 1.52. The molecule has 0 unspecified atom stereocenters. The van der Waals surface area contributed by atoms with Crippen LogP contribution in [-0.2, 0) is 4.74 Å².